The lowest BCUT2D eigenvalue weighted by Crippen LogP contribution is -1.89. The molecule has 1 nitrogen and oxygen atoms in total. The third-order valence-corrected chi connectivity index (χ3v) is 1.05. The fourth-order valence-electron chi connectivity index (χ4n) is 0.683. The molecule has 1 aromatic carbocycles. The van der Waals surface area contributed by atoms with E-state index in [1.165, 1.54) is 5.57 Å². The highest BCUT2D eigenvalue weighted by molar-refractivity contribution is 5.20. The van der Waals surface area contributed by atoms with Gasteiger partial charge in [0.15, 0.2) is 0 Å². The van der Waals surface area contributed by atoms with Crippen molar-refractivity contribution in [1.29, 1.82) is 0 Å². The van der Waals surface area contributed by atoms with E-state index in [0.717, 1.165) is 12.4 Å². The summed E-state index contributed by atoms with van der Waals surface area (Å²) in [4.78, 5) is 0. The van der Waals surface area contributed by atoms with Gasteiger partial charge in [-0.3, -0.25) is 0 Å². The number of allylic oxidation sites excluding steroid dienone is 1. The number of hydrogen-bond donors (Lipinski definition) is 0. The SMILES string of the molecule is C=C(C)C.CCOc1ccccc1. The Bertz CT molecular complexity index is 222. The number of para-hydroxylation sites is 1. The van der Waals surface area contributed by atoms with Gasteiger partial charge < -0.3 is 4.74 Å². The monoisotopic (exact) mass is 178 g/mol. The van der Waals surface area contributed by atoms with Crippen LogP contribution in [0.4, 0.5) is 0 Å². The van der Waals surface area contributed by atoms with Gasteiger partial charge in [-0.25, -0.2) is 0 Å². The van der Waals surface area contributed by atoms with Crippen LogP contribution in [0.3, 0.4) is 0 Å². The number of rotatable bonds is 2. The first-order valence-corrected chi connectivity index (χ1v) is 4.46. The summed E-state index contributed by atoms with van der Waals surface area (Å²) in [7, 11) is 0. The summed E-state index contributed by atoms with van der Waals surface area (Å²) in [5.74, 6) is 0.944. The van der Waals surface area contributed by atoms with E-state index in [1.54, 1.807) is 0 Å². The van der Waals surface area contributed by atoms with Crippen molar-refractivity contribution in [2.24, 2.45) is 0 Å². The van der Waals surface area contributed by atoms with Crippen LogP contribution >= 0.6 is 0 Å². The maximum Gasteiger partial charge on any atom is 0.119 e. The van der Waals surface area contributed by atoms with Gasteiger partial charge in [0.1, 0.15) is 5.75 Å². The van der Waals surface area contributed by atoms with Crippen LogP contribution in [0.2, 0.25) is 0 Å². The quantitative estimate of drug-likeness (QED) is 0.628. The van der Waals surface area contributed by atoms with E-state index in [2.05, 4.69) is 6.58 Å². The van der Waals surface area contributed by atoms with Crippen molar-refractivity contribution in [1.82, 2.24) is 0 Å². The zero-order valence-electron chi connectivity index (χ0n) is 8.71. The minimum atomic E-state index is 0.740. The summed E-state index contributed by atoms with van der Waals surface area (Å²) >= 11 is 0. The molecule has 0 radical (unpaired) electrons. The van der Waals surface area contributed by atoms with Crippen molar-refractivity contribution in [2.45, 2.75) is 20.8 Å². The highest BCUT2D eigenvalue weighted by Crippen LogP contribution is 2.06. The smallest absolute Gasteiger partial charge is 0.119 e. The highest BCUT2D eigenvalue weighted by atomic mass is 16.5. The Hall–Kier alpha value is -1.24. The van der Waals surface area contributed by atoms with Crippen molar-refractivity contribution in [3.8, 4) is 5.75 Å². The fraction of sp³-hybridized carbons (Fsp3) is 0.333. The summed E-state index contributed by atoms with van der Waals surface area (Å²) < 4.78 is 5.21. The molecule has 0 saturated heterocycles. The lowest BCUT2D eigenvalue weighted by atomic mass is 10.3. The molecule has 0 aromatic heterocycles. The molecule has 0 heterocycles. The first kappa shape index (κ1) is 11.8. The molecule has 0 unspecified atom stereocenters. The van der Waals surface area contributed by atoms with E-state index in [9.17, 15) is 0 Å². The zero-order valence-corrected chi connectivity index (χ0v) is 8.71. The highest BCUT2D eigenvalue weighted by Gasteiger charge is 1.83. The standard InChI is InChI=1S/C8H10O.C4H8/c1-2-9-8-6-4-3-5-7-8;1-4(2)3/h3-7H,2H2,1H3;1H2,2-3H3. The first-order valence-electron chi connectivity index (χ1n) is 4.46. The molecule has 0 aliphatic rings. The topological polar surface area (TPSA) is 9.23 Å². The van der Waals surface area contributed by atoms with Crippen molar-refractivity contribution in [2.75, 3.05) is 6.61 Å². The molecule has 13 heavy (non-hydrogen) atoms. The normalized spacial score (nSPS) is 8.23. The predicted molar refractivity (Wildman–Crippen MR) is 58.1 cm³/mol. The van der Waals surface area contributed by atoms with E-state index in [4.69, 9.17) is 4.74 Å². The Kier molecular flexibility index (Phi) is 6.70. The van der Waals surface area contributed by atoms with Gasteiger partial charge >= 0.3 is 0 Å². The Morgan fingerprint density at radius 2 is 1.69 bits per heavy atom. The van der Waals surface area contributed by atoms with Crippen molar-refractivity contribution >= 4 is 0 Å². The van der Waals surface area contributed by atoms with Crippen LogP contribution in [0, 0.1) is 0 Å². The first-order chi connectivity index (χ1) is 6.16. The molecule has 0 saturated carbocycles. The van der Waals surface area contributed by atoms with Gasteiger partial charge in [0.2, 0.25) is 0 Å². The molecule has 0 aliphatic carbocycles. The molecule has 1 aromatic rings. The van der Waals surface area contributed by atoms with Crippen LogP contribution < -0.4 is 4.74 Å². The molecular formula is C12H18O. The second-order valence-corrected chi connectivity index (χ2v) is 2.95. The third-order valence-electron chi connectivity index (χ3n) is 1.05. The van der Waals surface area contributed by atoms with Crippen LogP contribution in [-0.4, -0.2) is 6.61 Å². The van der Waals surface area contributed by atoms with E-state index >= 15 is 0 Å². The molecule has 0 aliphatic heterocycles. The van der Waals surface area contributed by atoms with Crippen LogP contribution in [0.15, 0.2) is 42.5 Å². The molecule has 1 rings (SSSR count). The fourth-order valence-corrected chi connectivity index (χ4v) is 0.683. The molecule has 0 N–H and O–H groups in total. The van der Waals surface area contributed by atoms with Gasteiger partial charge in [-0.2, -0.15) is 0 Å². The average molecular weight is 178 g/mol. The van der Waals surface area contributed by atoms with E-state index in [-0.39, 0.29) is 0 Å². The maximum atomic E-state index is 5.21. The molecule has 1 heteroatoms. The van der Waals surface area contributed by atoms with E-state index < -0.39 is 0 Å². The predicted octanol–water partition coefficient (Wildman–Crippen LogP) is 3.67. The number of ether oxygens (including phenoxy) is 1. The Labute approximate surface area is 81.1 Å². The summed E-state index contributed by atoms with van der Waals surface area (Å²) in [5.41, 5.74) is 1.17. The minimum Gasteiger partial charge on any atom is -0.494 e. The largest absolute Gasteiger partial charge is 0.494 e. The van der Waals surface area contributed by atoms with Gasteiger partial charge in [0, 0.05) is 0 Å². The molecule has 0 bridgehead atoms. The molecule has 72 valence electrons. The van der Waals surface area contributed by atoms with Crippen molar-refractivity contribution in [3.05, 3.63) is 42.5 Å². The van der Waals surface area contributed by atoms with Crippen LogP contribution in [0.25, 0.3) is 0 Å². The summed E-state index contributed by atoms with van der Waals surface area (Å²) in [6, 6.07) is 9.80. The lowest BCUT2D eigenvalue weighted by Gasteiger charge is -1.99. The van der Waals surface area contributed by atoms with Gasteiger partial charge in [0.05, 0.1) is 6.61 Å². The summed E-state index contributed by atoms with van der Waals surface area (Å²) in [6.45, 7) is 10.2. The Morgan fingerprint density at radius 3 is 2.08 bits per heavy atom. The second-order valence-electron chi connectivity index (χ2n) is 2.95. The molecule has 0 amide bonds. The number of benzene rings is 1. The molecule has 0 fully saturated rings. The van der Waals surface area contributed by atoms with Gasteiger partial charge in [-0.05, 0) is 32.9 Å². The maximum absolute atomic E-state index is 5.21. The van der Waals surface area contributed by atoms with E-state index in [0.29, 0.717) is 0 Å². The van der Waals surface area contributed by atoms with Gasteiger partial charge in [0.25, 0.3) is 0 Å². The van der Waals surface area contributed by atoms with Crippen LogP contribution in [0.5, 0.6) is 5.75 Å². The molecule has 0 atom stereocenters. The van der Waals surface area contributed by atoms with Crippen molar-refractivity contribution < 1.29 is 4.74 Å². The molecular weight excluding hydrogens is 160 g/mol. The third kappa shape index (κ3) is 8.67. The summed E-state index contributed by atoms with van der Waals surface area (Å²) in [5, 5.41) is 0. The van der Waals surface area contributed by atoms with Crippen LogP contribution in [-0.2, 0) is 0 Å². The Balaban J connectivity index is 0.000000310. The lowest BCUT2D eigenvalue weighted by molar-refractivity contribution is 0.340. The Morgan fingerprint density at radius 1 is 1.23 bits per heavy atom. The van der Waals surface area contributed by atoms with Crippen LogP contribution in [0.1, 0.15) is 20.8 Å². The second kappa shape index (κ2) is 7.41. The minimum absolute atomic E-state index is 0.740. The van der Waals surface area contributed by atoms with Crippen molar-refractivity contribution in [3.63, 3.8) is 0 Å². The van der Waals surface area contributed by atoms with E-state index in [1.807, 2.05) is 51.1 Å². The zero-order chi connectivity index (χ0) is 10.1. The number of hydrogen-bond acceptors (Lipinski definition) is 1. The summed E-state index contributed by atoms with van der Waals surface area (Å²) in [6.07, 6.45) is 0. The van der Waals surface area contributed by atoms with Gasteiger partial charge in [-0.1, -0.05) is 23.8 Å². The molecule has 0 spiro atoms. The average Bonchev–Trinajstić information content (AvgIpc) is 2.06. The van der Waals surface area contributed by atoms with Gasteiger partial charge in [-0.15, -0.1) is 6.58 Å².